The van der Waals surface area contributed by atoms with Crippen LogP contribution in [-0.4, -0.2) is 51.9 Å². The maximum atomic E-state index is 11.5. The van der Waals surface area contributed by atoms with Crippen molar-refractivity contribution in [3.63, 3.8) is 0 Å². The molecule has 6 N–H and O–H groups in total. The van der Waals surface area contributed by atoms with E-state index in [0.29, 0.717) is 25.6 Å². The third kappa shape index (κ3) is 16.5. The summed E-state index contributed by atoms with van der Waals surface area (Å²) < 4.78 is 26.7. The number of halogens is 1. The van der Waals surface area contributed by atoms with Crippen LogP contribution in [0.1, 0.15) is 82.7 Å². The van der Waals surface area contributed by atoms with Crippen molar-refractivity contribution >= 4 is 41.1 Å². The molecule has 0 saturated carbocycles. The second kappa shape index (κ2) is 31.9. The monoisotopic (exact) mass is 1160 g/mol. The number of carbonyl (C=O) groups excluding carboxylic acids is 1. The minimum atomic E-state index is -0.287. The molecule has 13 rings (SSSR count). The Hall–Kier alpha value is -7.37. The van der Waals surface area contributed by atoms with Gasteiger partial charge in [-0.05, 0) is 116 Å². The number of hydrogen-bond donors (Lipinski definition) is 6. The fourth-order valence-electron chi connectivity index (χ4n) is 10.4. The lowest BCUT2D eigenvalue weighted by Gasteiger charge is -2.20. The van der Waals surface area contributed by atoms with Gasteiger partial charge in [-0.25, -0.2) is 4.79 Å². The van der Waals surface area contributed by atoms with Crippen LogP contribution in [0.4, 0.5) is 5.69 Å². The van der Waals surface area contributed by atoms with Gasteiger partial charge in [-0.2, -0.15) is 0 Å². The van der Waals surface area contributed by atoms with Crippen LogP contribution in [0.3, 0.4) is 0 Å². The second-order valence-corrected chi connectivity index (χ2v) is 21.5. The molecule has 6 aromatic carbocycles. The Morgan fingerprint density at radius 3 is 1.89 bits per heavy atom. The van der Waals surface area contributed by atoms with Crippen LogP contribution in [0.2, 0.25) is 5.02 Å². The number of hydrogen-bond acceptors (Lipinski definition) is 14. The molecule has 7 aliphatic rings. The first kappa shape index (κ1) is 61.7. The van der Waals surface area contributed by atoms with E-state index in [1.807, 2.05) is 60.3 Å². The zero-order chi connectivity index (χ0) is 58.3. The summed E-state index contributed by atoms with van der Waals surface area (Å²) in [6.07, 6.45) is 10.8. The highest BCUT2D eigenvalue weighted by Crippen LogP contribution is 2.41. The van der Waals surface area contributed by atoms with E-state index in [1.165, 1.54) is 71.8 Å². The summed E-state index contributed by atoms with van der Waals surface area (Å²) in [5.74, 6) is 4.25. The van der Waals surface area contributed by atoms with E-state index >= 15 is 0 Å². The van der Waals surface area contributed by atoms with Crippen molar-refractivity contribution in [2.75, 3.05) is 50.9 Å². The van der Waals surface area contributed by atoms with Crippen LogP contribution in [0.5, 0.6) is 23.0 Å². The van der Waals surface area contributed by atoms with Crippen LogP contribution < -0.4 is 55.7 Å². The van der Waals surface area contributed by atoms with Crippen LogP contribution in [0.15, 0.2) is 166 Å². The minimum absolute atomic E-state index is 0.258. The normalized spacial score (nSPS) is 14.3. The third-order valence-corrected chi connectivity index (χ3v) is 15.9. The van der Waals surface area contributed by atoms with E-state index in [9.17, 15) is 4.79 Å². The first-order valence-corrected chi connectivity index (χ1v) is 29.4. The van der Waals surface area contributed by atoms with Gasteiger partial charge in [0, 0.05) is 125 Å². The maximum Gasteiger partial charge on any atom is 0.338 e. The maximum absolute atomic E-state index is 11.5. The van der Waals surface area contributed by atoms with E-state index in [0.717, 1.165) is 130 Å². The van der Waals surface area contributed by atoms with E-state index in [1.54, 1.807) is 24.3 Å². The molecule has 0 radical (unpaired) electrons. The molecular formula is C68H78ClN7O6S. The highest BCUT2D eigenvalue weighted by atomic mass is 35.5. The Morgan fingerprint density at radius 2 is 1.17 bits per heavy atom. The van der Waals surface area contributed by atoms with E-state index < -0.39 is 0 Å². The number of likely N-dealkylation sites (N-methyl/N-ethyl adjacent to an activating group) is 1. The molecule has 0 spiro atoms. The van der Waals surface area contributed by atoms with Gasteiger partial charge in [-0.15, -0.1) is 24.9 Å². The SMILES string of the molecule is C=CCN(C)c1cccc2c1CNC2.C=CCOC(=O)c1ccc2c(c1)CNC2.C=CCOc1ccc(Cl)c2c1CNC2.C=CCOc1ccc2c(c1)CNC2.C=CCSc1cccc2c1CNC2.C=Cc1c2c(cc3c1OCO3)CNC2. The Balaban J connectivity index is 0.000000130. The molecule has 15 heteroatoms. The minimum Gasteiger partial charge on any atom is -0.490 e. The number of carbonyl (C=O) groups is 1. The van der Waals surface area contributed by atoms with Gasteiger partial charge in [0.05, 0.1) is 5.56 Å². The Labute approximate surface area is 499 Å². The van der Waals surface area contributed by atoms with Crippen LogP contribution in [0, 0.1) is 0 Å². The number of esters is 1. The van der Waals surface area contributed by atoms with Gasteiger partial charge in [0.15, 0.2) is 11.5 Å². The van der Waals surface area contributed by atoms with Crippen LogP contribution >= 0.6 is 23.4 Å². The summed E-state index contributed by atoms with van der Waals surface area (Å²) in [6.45, 7) is 35.8. The number of nitrogens with zero attached hydrogens (tertiary/aromatic N) is 1. The van der Waals surface area contributed by atoms with Gasteiger partial charge in [0.2, 0.25) is 6.79 Å². The Morgan fingerprint density at radius 1 is 0.566 bits per heavy atom. The van der Waals surface area contributed by atoms with Crippen molar-refractivity contribution in [3.8, 4) is 23.0 Å². The molecule has 0 atom stereocenters. The topological polar surface area (TPSA) is 139 Å². The number of nitrogens with one attached hydrogen (secondary N) is 6. The highest BCUT2D eigenvalue weighted by Gasteiger charge is 2.25. The summed E-state index contributed by atoms with van der Waals surface area (Å²) in [6, 6.07) is 30.8. The molecule has 0 aliphatic carbocycles. The largest absolute Gasteiger partial charge is 0.490 e. The van der Waals surface area contributed by atoms with Crippen molar-refractivity contribution in [1.29, 1.82) is 0 Å². The number of benzene rings is 6. The zero-order valence-electron chi connectivity index (χ0n) is 47.8. The summed E-state index contributed by atoms with van der Waals surface area (Å²) >= 11 is 7.93. The molecule has 0 bridgehead atoms. The van der Waals surface area contributed by atoms with Crippen LogP contribution in [0.25, 0.3) is 6.08 Å². The molecule has 7 heterocycles. The molecule has 7 aliphatic heterocycles. The van der Waals surface area contributed by atoms with Crippen molar-refractivity contribution in [2.24, 2.45) is 0 Å². The Kier molecular flexibility index (Phi) is 23.7. The number of rotatable bonds is 16. The molecule has 83 heavy (non-hydrogen) atoms. The summed E-state index contributed by atoms with van der Waals surface area (Å²) in [4.78, 5) is 15.2. The number of ether oxygens (including phenoxy) is 5. The van der Waals surface area contributed by atoms with Crippen molar-refractivity contribution in [1.82, 2.24) is 31.9 Å². The molecule has 0 amide bonds. The summed E-state index contributed by atoms with van der Waals surface area (Å²) in [7, 11) is 2.11. The average Bonchev–Trinajstić information content (AvgIpc) is 4.48. The quantitative estimate of drug-likeness (QED) is 0.0311. The summed E-state index contributed by atoms with van der Waals surface area (Å²) in [5.41, 5.74) is 18.9. The molecule has 13 nitrogen and oxygen atoms in total. The molecular weight excluding hydrogens is 1080 g/mol. The standard InChI is InChI=1S/C12H16N2.C12H13NO2.C11H12ClNO.C11H11NO2.C11H13NO.C11H13NS/c1-3-7-14(2)12-6-4-5-10-8-13-9-11(10)12;1-2-5-15-12(14)9-3-4-10-7-13-8-11(10)6-9;1-2-5-14-11-4-3-10(12)8-6-13-7-9(8)11;1-2-8-9-5-12-4-7(9)3-10-11(8)14-6-13-10;1-2-5-13-11-4-3-9-7-12-8-10(9)6-11;1-2-6-13-11-5-3-4-9-7-12-8-10(9)11/h3-6,13H,1,7-9H2,2H3;2-4,6,13H,1,5,7-8H2;2-4,13H,1,5-7H2;2-3,12H,1,4-6H2;2-4,6,12H,1,5,7-8H2;2-5,12H,1,6-8H2. The third-order valence-electron chi connectivity index (χ3n) is 14.5. The first-order valence-electron chi connectivity index (χ1n) is 28.1. The summed E-state index contributed by atoms with van der Waals surface area (Å²) in [5, 5.41) is 20.6. The number of fused-ring (bicyclic) bond motifs is 7. The second-order valence-electron chi connectivity index (χ2n) is 20.1. The van der Waals surface area contributed by atoms with Gasteiger partial charge < -0.3 is 60.5 Å². The van der Waals surface area contributed by atoms with Gasteiger partial charge in [-0.1, -0.05) is 111 Å². The lowest BCUT2D eigenvalue weighted by molar-refractivity contribution is 0.0549. The molecule has 0 unspecified atom stereocenters. The molecule has 434 valence electrons. The molecule has 6 aromatic rings. The lowest BCUT2D eigenvalue weighted by Crippen LogP contribution is -2.18. The first-order chi connectivity index (χ1) is 40.7. The van der Waals surface area contributed by atoms with E-state index in [2.05, 4.69) is 138 Å². The molecule has 0 fully saturated rings. The van der Waals surface area contributed by atoms with E-state index in [4.69, 9.17) is 35.3 Å². The zero-order valence-corrected chi connectivity index (χ0v) is 49.4. The van der Waals surface area contributed by atoms with Gasteiger partial charge in [-0.3, -0.25) is 0 Å². The fraction of sp³-hybridized carbons (Fsp3) is 0.279. The highest BCUT2D eigenvalue weighted by molar-refractivity contribution is 7.99. The van der Waals surface area contributed by atoms with Gasteiger partial charge >= 0.3 is 5.97 Å². The van der Waals surface area contributed by atoms with Crippen molar-refractivity contribution in [2.45, 2.75) is 83.4 Å². The van der Waals surface area contributed by atoms with Gasteiger partial charge in [0.25, 0.3) is 0 Å². The fourth-order valence-corrected chi connectivity index (χ4v) is 11.5. The molecule has 0 aromatic heterocycles. The van der Waals surface area contributed by atoms with E-state index in [-0.39, 0.29) is 12.6 Å². The Bertz CT molecular complexity index is 3240. The predicted octanol–water partition coefficient (Wildman–Crippen LogP) is 12.1. The number of thioether (sulfide) groups is 1. The lowest BCUT2D eigenvalue weighted by atomic mass is 10.0. The van der Waals surface area contributed by atoms with Crippen molar-refractivity contribution < 1.29 is 28.5 Å². The van der Waals surface area contributed by atoms with Crippen molar-refractivity contribution in [3.05, 3.63) is 244 Å². The number of anilines is 1. The van der Waals surface area contributed by atoms with Crippen LogP contribution in [-0.2, 0) is 83.3 Å². The molecule has 0 saturated heterocycles. The predicted molar refractivity (Wildman–Crippen MR) is 339 cm³/mol. The smallest absolute Gasteiger partial charge is 0.338 e. The van der Waals surface area contributed by atoms with Gasteiger partial charge in [0.1, 0.15) is 31.3 Å². The average molecular weight is 1160 g/mol.